The van der Waals surface area contributed by atoms with Gasteiger partial charge in [0.2, 0.25) is 0 Å². The summed E-state index contributed by atoms with van der Waals surface area (Å²) in [5.41, 5.74) is 9.36. The van der Waals surface area contributed by atoms with Crippen LogP contribution in [0.1, 0.15) is 28.3 Å². The molecule has 0 radical (unpaired) electrons. The Kier molecular flexibility index (Phi) is 3.45. The maximum absolute atomic E-state index is 11.9. The Balaban J connectivity index is 1.89. The van der Waals surface area contributed by atoms with Gasteiger partial charge in [-0.25, -0.2) is 0 Å². The van der Waals surface area contributed by atoms with E-state index in [0.29, 0.717) is 22.6 Å². The van der Waals surface area contributed by atoms with Crippen LogP contribution in [0.5, 0.6) is 0 Å². The van der Waals surface area contributed by atoms with Gasteiger partial charge < -0.3 is 15.1 Å². The third kappa shape index (κ3) is 2.50. The van der Waals surface area contributed by atoms with Crippen molar-refractivity contribution >= 4 is 27.4 Å². The average Bonchev–Trinajstić information content (AvgIpc) is 3.24. The number of rotatable bonds is 3. The number of carbonyl (C=O) groups excluding carboxylic acids is 1. The van der Waals surface area contributed by atoms with Crippen molar-refractivity contribution in [2.75, 3.05) is 11.5 Å². The van der Waals surface area contributed by atoms with Gasteiger partial charge in [-0.3, -0.25) is 13.9 Å². The summed E-state index contributed by atoms with van der Waals surface area (Å²) in [5.74, 6) is 0.342. The van der Waals surface area contributed by atoms with E-state index in [1.807, 2.05) is 18.3 Å². The Morgan fingerprint density at radius 3 is 2.79 bits per heavy atom. The lowest BCUT2D eigenvalue weighted by atomic mass is 9.94. The molecule has 7 heteroatoms. The molecule has 1 aliphatic rings. The molecule has 126 valence electrons. The molecule has 2 aromatic heterocycles. The van der Waals surface area contributed by atoms with Gasteiger partial charge in [0.25, 0.3) is 5.91 Å². The summed E-state index contributed by atoms with van der Waals surface area (Å²) in [6, 6.07) is 5.56. The number of hydrogen-bond acceptors (Lipinski definition) is 4. The van der Waals surface area contributed by atoms with E-state index in [1.54, 1.807) is 18.6 Å². The average molecular weight is 346 g/mol. The van der Waals surface area contributed by atoms with Crippen LogP contribution in [0.3, 0.4) is 0 Å². The van der Waals surface area contributed by atoms with Crippen LogP contribution in [0, 0.1) is 0 Å². The second-order valence-corrected chi connectivity index (χ2v) is 8.57. The highest BCUT2D eigenvalue weighted by Crippen LogP contribution is 2.52. The van der Waals surface area contributed by atoms with E-state index in [9.17, 15) is 13.9 Å². The number of fused-ring (bicyclic) bond motifs is 1. The first-order valence-electron chi connectivity index (χ1n) is 7.65. The quantitative estimate of drug-likeness (QED) is 0.578. The summed E-state index contributed by atoms with van der Waals surface area (Å²) in [7, 11) is -2.49. The fourth-order valence-corrected chi connectivity index (χ4v) is 5.26. The van der Waals surface area contributed by atoms with Crippen LogP contribution in [-0.2, 0) is 0 Å². The molecule has 0 aliphatic carbocycles. The molecular formula is C17H18N2O4S. The minimum Gasteiger partial charge on any atom is -0.472 e. The van der Waals surface area contributed by atoms with Crippen LogP contribution in [0.4, 0.5) is 0 Å². The van der Waals surface area contributed by atoms with Crippen LogP contribution in [0.2, 0.25) is 0 Å². The summed E-state index contributed by atoms with van der Waals surface area (Å²) in [6.45, 7) is 0. The lowest BCUT2D eigenvalue weighted by Gasteiger charge is -2.26. The van der Waals surface area contributed by atoms with Gasteiger partial charge in [0.15, 0.2) is 0 Å². The van der Waals surface area contributed by atoms with E-state index < -0.39 is 16.5 Å². The highest BCUT2D eigenvalue weighted by Gasteiger charge is 2.31. The van der Waals surface area contributed by atoms with Crippen molar-refractivity contribution in [2.24, 2.45) is 5.73 Å². The van der Waals surface area contributed by atoms with E-state index in [1.165, 1.54) is 0 Å². The van der Waals surface area contributed by atoms with Gasteiger partial charge in [0.05, 0.1) is 23.6 Å². The fourth-order valence-electron chi connectivity index (χ4n) is 3.45. The molecule has 0 bridgehead atoms. The topological polar surface area (TPSA) is 112 Å². The first kappa shape index (κ1) is 15.3. The van der Waals surface area contributed by atoms with Crippen molar-refractivity contribution < 1.29 is 18.3 Å². The Morgan fingerprint density at radius 2 is 2.17 bits per heavy atom. The summed E-state index contributed by atoms with van der Waals surface area (Å²) < 4.78 is 25.0. The molecule has 1 saturated heterocycles. The summed E-state index contributed by atoms with van der Waals surface area (Å²) in [6.07, 6.45) is 5.76. The molecule has 1 amide bonds. The van der Waals surface area contributed by atoms with Crippen LogP contribution >= 0.6 is 10.6 Å². The number of amides is 1. The van der Waals surface area contributed by atoms with Gasteiger partial charge in [-0.15, -0.1) is 0 Å². The Morgan fingerprint density at radius 1 is 1.33 bits per heavy atom. The smallest absolute Gasteiger partial charge is 0.250 e. The van der Waals surface area contributed by atoms with E-state index >= 15 is 0 Å². The van der Waals surface area contributed by atoms with Crippen molar-refractivity contribution in [1.82, 2.24) is 4.98 Å². The molecule has 3 aromatic rings. The van der Waals surface area contributed by atoms with Gasteiger partial charge >= 0.3 is 0 Å². The van der Waals surface area contributed by atoms with Crippen molar-refractivity contribution in [2.45, 2.75) is 12.3 Å². The molecular weight excluding hydrogens is 328 g/mol. The van der Waals surface area contributed by atoms with Crippen molar-refractivity contribution in [3.8, 4) is 11.1 Å². The lowest BCUT2D eigenvalue weighted by Crippen LogP contribution is -2.11. The predicted molar refractivity (Wildman–Crippen MR) is 94.5 cm³/mol. The third-order valence-corrected chi connectivity index (χ3v) is 6.47. The number of nitrogens with one attached hydrogen (secondary N) is 1. The van der Waals surface area contributed by atoms with Gasteiger partial charge in [0, 0.05) is 34.6 Å². The first-order chi connectivity index (χ1) is 11.4. The third-order valence-electron chi connectivity index (χ3n) is 4.64. The van der Waals surface area contributed by atoms with Gasteiger partial charge in [0.1, 0.15) is 0 Å². The van der Waals surface area contributed by atoms with Gasteiger partial charge in [-0.1, -0.05) is 0 Å². The molecule has 4 rings (SSSR count). The molecule has 0 saturated carbocycles. The maximum Gasteiger partial charge on any atom is 0.250 e. The molecule has 1 unspecified atom stereocenters. The van der Waals surface area contributed by atoms with Gasteiger partial charge in [-0.05, 0) is 35.7 Å². The number of nitrogens with two attached hydrogens (primary N) is 1. The molecule has 1 aromatic carbocycles. The van der Waals surface area contributed by atoms with Crippen molar-refractivity contribution in [1.29, 1.82) is 0 Å². The van der Waals surface area contributed by atoms with E-state index in [0.717, 1.165) is 28.5 Å². The molecule has 6 nitrogen and oxygen atoms in total. The standard InChI is InChI=1S/C17H18N2O4S/c18-17(20)14-6-12(10-1-3-23-8-10)5-13-15(7-19-16(13)14)11-2-4-24(21,22)9-11/h1,3,5-8,11,19,21-22H,2,4,9H2,(H2,18,20). The van der Waals surface area contributed by atoms with Crippen molar-refractivity contribution in [3.05, 3.63) is 48.0 Å². The highest BCUT2D eigenvalue weighted by molar-refractivity contribution is 8.24. The van der Waals surface area contributed by atoms with Crippen LogP contribution < -0.4 is 5.73 Å². The molecule has 1 fully saturated rings. The largest absolute Gasteiger partial charge is 0.472 e. The summed E-state index contributed by atoms with van der Waals surface area (Å²) >= 11 is 0. The summed E-state index contributed by atoms with van der Waals surface area (Å²) in [4.78, 5) is 15.0. The number of carbonyl (C=O) groups is 1. The normalized spacial score (nSPS) is 21.2. The molecule has 1 aliphatic heterocycles. The zero-order valence-corrected chi connectivity index (χ0v) is 13.7. The molecule has 3 heterocycles. The molecule has 5 N–H and O–H groups in total. The SMILES string of the molecule is NC(=O)c1cc(-c2ccoc2)cc2c(C3CCS(O)(O)C3)c[nH]c12. The molecule has 1 atom stereocenters. The van der Waals surface area contributed by atoms with Crippen molar-refractivity contribution in [3.63, 3.8) is 0 Å². The van der Waals surface area contributed by atoms with E-state index in [2.05, 4.69) is 4.98 Å². The van der Waals surface area contributed by atoms with Crippen LogP contribution in [-0.4, -0.2) is 31.5 Å². The summed E-state index contributed by atoms with van der Waals surface area (Å²) in [5, 5.41) is 0.893. The number of aromatic nitrogens is 1. The van der Waals surface area contributed by atoms with Crippen LogP contribution in [0.15, 0.2) is 41.3 Å². The van der Waals surface area contributed by atoms with E-state index in [4.69, 9.17) is 10.2 Å². The minimum atomic E-state index is -2.49. The number of furan rings is 1. The lowest BCUT2D eigenvalue weighted by molar-refractivity contribution is 0.100. The zero-order chi connectivity index (χ0) is 16.9. The second kappa shape index (κ2) is 5.41. The number of hydrogen-bond donors (Lipinski definition) is 4. The molecule has 0 spiro atoms. The number of aromatic amines is 1. The number of primary amides is 1. The maximum atomic E-state index is 11.9. The second-order valence-electron chi connectivity index (χ2n) is 6.23. The Labute approximate surface area is 140 Å². The van der Waals surface area contributed by atoms with Gasteiger partial charge in [-0.2, -0.15) is 10.6 Å². The minimum absolute atomic E-state index is 0.0593. The first-order valence-corrected chi connectivity index (χ1v) is 9.54. The number of H-pyrrole nitrogens is 1. The Hall–Kier alpha value is -2.22. The van der Waals surface area contributed by atoms with E-state index in [-0.39, 0.29) is 5.92 Å². The Bertz CT molecular complexity index is 914. The zero-order valence-electron chi connectivity index (χ0n) is 12.9. The molecule has 24 heavy (non-hydrogen) atoms. The monoisotopic (exact) mass is 346 g/mol. The number of benzene rings is 1. The fraction of sp³-hybridized carbons (Fsp3) is 0.235. The highest BCUT2D eigenvalue weighted by atomic mass is 32.3. The predicted octanol–water partition coefficient (Wildman–Crippen LogP) is 3.76. The van der Waals surface area contributed by atoms with Crippen LogP contribution in [0.25, 0.3) is 22.0 Å².